The van der Waals surface area contributed by atoms with E-state index in [0.29, 0.717) is 10.9 Å². The van der Waals surface area contributed by atoms with Gasteiger partial charge in [-0.3, -0.25) is 9.59 Å². The number of hydrogen-bond donors (Lipinski definition) is 2. The fourth-order valence-corrected chi connectivity index (χ4v) is 4.34. The van der Waals surface area contributed by atoms with Crippen molar-refractivity contribution in [2.45, 2.75) is 30.2 Å². The van der Waals surface area contributed by atoms with Crippen LogP contribution < -0.4 is 10.9 Å². The van der Waals surface area contributed by atoms with E-state index >= 15 is 0 Å². The van der Waals surface area contributed by atoms with Gasteiger partial charge in [0.25, 0.3) is 5.56 Å². The molecule has 4 rings (SSSR count). The highest BCUT2D eigenvalue weighted by molar-refractivity contribution is 7.98. The Morgan fingerprint density at radius 2 is 1.86 bits per heavy atom. The Kier molecular flexibility index (Phi) is 5.19. The molecule has 5 nitrogen and oxygen atoms in total. The van der Waals surface area contributed by atoms with Gasteiger partial charge in [0, 0.05) is 24.2 Å². The number of nitrogens with zero attached hydrogens (tertiary/aromatic N) is 1. The summed E-state index contributed by atoms with van der Waals surface area (Å²) in [5, 5.41) is 2.97. The van der Waals surface area contributed by atoms with Crippen LogP contribution >= 0.6 is 11.8 Å². The van der Waals surface area contributed by atoms with Crippen molar-refractivity contribution in [2.24, 2.45) is 0 Å². The smallest absolute Gasteiger partial charge is 0.257 e. The van der Waals surface area contributed by atoms with Crippen LogP contribution in [0.4, 0.5) is 14.6 Å². The summed E-state index contributed by atoms with van der Waals surface area (Å²) >= 11 is 1.34. The van der Waals surface area contributed by atoms with E-state index in [-0.39, 0.29) is 29.3 Å². The highest BCUT2D eigenvalue weighted by Crippen LogP contribution is 2.35. The quantitative estimate of drug-likeness (QED) is 0.498. The number of hydrogen-bond acceptors (Lipinski definition) is 4. The number of carbonyl (C=O) groups is 1. The van der Waals surface area contributed by atoms with E-state index in [1.54, 1.807) is 0 Å². The first-order chi connectivity index (χ1) is 13.9. The Labute approximate surface area is 169 Å². The van der Waals surface area contributed by atoms with Gasteiger partial charge in [-0.15, -0.1) is 0 Å². The van der Waals surface area contributed by atoms with Gasteiger partial charge in [-0.25, -0.2) is 13.8 Å². The summed E-state index contributed by atoms with van der Waals surface area (Å²) in [5.74, 6) is -1.92. The zero-order valence-electron chi connectivity index (χ0n) is 15.5. The van der Waals surface area contributed by atoms with Crippen LogP contribution in [0, 0.1) is 18.6 Å². The molecule has 2 aromatic carbocycles. The van der Waals surface area contributed by atoms with Crippen LogP contribution in [0.1, 0.15) is 34.6 Å². The number of benzene rings is 2. The summed E-state index contributed by atoms with van der Waals surface area (Å²) in [7, 11) is 0. The molecule has 1 aliphatic heterocycles. The minimum atomic E-state index is -0.768. The van der Waals surface area contributed by atoms with Gasteiger partial charge in [0.15, 0.2) is 5.16 Å². The molecule has 0 aliphatic carbocycles. The van der Waals surface area contributed by atoms with E-state index in [2.05, 4.69) is 15.3 Å². The molecule has 1 aromatic heterocycles. The normalized spacial score (nSPS) is 15.7. The second-order valence-electron chi connectivity index (χ2n) is 6.86. The summed E-state index contributed by atoms with van der Waals surface area (Å²) in [4.78, 5) is 32.0. The molecule has 1 amide bonds. The van der Waals surface area contributed by atoms with E-state index in [0.717, 1.165) is 29.3 Å². The lowest BCUT2D eigenvalue weighted by Gasteiger charge is -2.24. The molecule has 29 heavy (non-hydrogen) atoms. The Bertz CT molecular complexity index is 1140. The van der Waals surface area contributed by atoms with Crippen LogP contribution in [0.25, 0.3) is 0 Å². The predicted molar refractivity (Wildman–Crippen MR) is 107 cm³/mol. The first-order valence-electron chi connectivity index (χ1n) is 8.98. The third-order valence-electron chi connectivity index (χ3n) is 4.84. The van der Waals surface area contributed by atoms with E-state index in [4.69, 9.17) is 0 Å². The number of amides is 1. The van der Waals surface area contributed by atoms with Crippen LogP contribution in [-0.2, 0) is 10.5 Å². The molecule has 3 aromatic rings. The predicted octanol–water partition coefficient (Wildman–Crippen LogP) is 4.12. The summed E-state index contributed by atoms with van der Waals surface area (Å²) in [5.41, 5.74) is 2.23. The number of thioether (sulfide) groups is 1. The second kappa shape index (κ2) is 7.79. The van der Waals surface area contributed by atoms with Crippen LogP contribution in [0.15, 0.2) is 52.4 Å². The summed E-state index contributed by atoms with van der Waals surface area (Å²) in [6.07, 6.45) is -0.0870. The molecule has 1 aliphatic rings. The Morgan fingerprint density at radius 1 is 1.14 bits per heavy atom. The van der Waals surface area contributed by atoms with E-state index < -0.39 is 23.1 Å². The first kappa shape index (κ1) is 19.3. The maximum Gasteiger partial charge on any atom is 0.257 e. The van der Waals surface area contributed by atoms with E-state index in [1.807, 2.05) is 31.2 Å². The SMILES string of the molecule is Cc1ccccc1CSc1nc2c(c(=O)[nH]1)C(c1cc(F)cc(F)c1)CC(=O)N2. The van der Waals surface area contributed by atoms with Crippen LogP contribution in [0.2, 0.25) is 0 Å². The molecule has 0 saturated carbocycles. The maximum absolute atomic E-state index is 13.7. The lowest BCUT2D eigenvalue weighted by molar-refractivity contribution is -0.116. The molecule has 1 atom stereocenters. The number of halogens is 2. The van der Waals surface area contributed by atoms with Crippen molar-refractivity contribution in [2.75, 3.05) is 5.32 Å². The number of aryl methyl sites for hydroxylation is 1. The van der Waals surface area contributed by atoms with Gasteiger partial charge in [0.2, 0.25) is 5.91 Å². The molecule has 2 heterocycles. The van der Waals surface area contributed by atoms with Crippen molar-refractivity contribution < 1.29 is 13.6 Å². The average molecular weight is 413 g/mol. The molecule has 0 bridgehead atoms. The molecule has 1 unspecified atom stereocenters. The summed E-state index contributed by atoms with van der Waals surface area (Å²) in [6, 6.07) is 10.9. The fourth-order valence-electron chi connectivity index (χ4n) is 3.40. The topological polar surface area (TPSA) is 74.8 Å². The molecule has 0 fully saturated rings. The number of rotatable bonds is 4. The van der Waals surface area contributed by atoms with Crippen molar-refractivity contribution in [3.05, 3.63) is 86.7 Å². The van der Waals surface area contributed by atoms with E-state index in [9.17, 15) is 18.4 Å². The molecule has 8 heteroatoms. The molecule has 0 radical (unpaired) electrons. The number of H-pyrrole nitrogens is 1. The Morgan fingerprint density at radius 3 is 2.59 bits per heavy atom. The minimum absolute atomic E-state index is 0.0870. The van der Waals surface area contributed by atoms with Crippen molar-refractivity contribution in [3.8, 4) is 0 Å². The summed E-state index contributed by atoms with van der Waals surface area (Å²) in [6.45, 7) is 2.00. The first-order valence-corrected chi connectivity index (χ1v) is 9.96. The maximum atomic E-state index is 13.7. The van der Waals surface area contributed by atoms with Gasteiger partial charge in [0.1, 0.15) is 17.5 Å². The van der Waals surface area contributed by atoms with Gasteiger partial charge in [-0.05, 0) is 35.7 Å². The minimum Gasteiger partial charge on any atom is -0.310 e. The van der Waals surface area contributed by atoms with Gasteiger partial charge in [-0.1, -0.05) is 36.0 Å². The number of carbonyl (C=O) groups excluding carboxylic acids is 1. The van der Waals surface area contributed by atoms with Crippen molar-refractivity contribution in [3.63, 3.8) is 0 Å². The Hall–Kier alpha value is -3.00. The van der Waals surface area contributed by atoms with Gasteiger partial charge in [-0.2, -0.15) is 0 Å². The van der Waals surface area contributed by atoms with E-state index in [1.165, 1.54) is 11.8 Å². The number of anilines is 1. The van der Waals surface area contributed by atoms with Gasteiger partial charge in [0.05, 0.1) is 5.56 Å². The van der Waals surface area contributed by atoms with Gasteiger partial charge >= 0.3 is 0 Å². The van der Waals surface area contributed by atoms with Crippen LogP contribution in [-0.4, -0.2) is 15.9 Å². The lowest BCUT2D eigenvalue weighted by Crippen LogP contribution is -2.31. The Balaban J connectivity index is 1.69. The van der Waals surface area contributed by atoms with Crippen LogP contribution in [0.5, 0.6) is 0 Å². The van der Waals surface area contributed by atoms with Crippen molar-refractivity contribution >= 4 is 23.5 Å². The third-order valence-corrected chi connectivity index (χ3v) is 5.76. The largest absolute Gasteiger partial charge is 0.310 e. The number of aromatic amines is 1. The monoisotopic (exact) mass is 413 g/mol. The van der Waals surface area contributed by atoms with Crippen molar-refractivity contribution in [1.82, 2.24) is 9.97 Å². The fraction of sp³-hybridized carbons (Fsp3) is 0.190. The number of aromatic nitrogens is 2. The lowest BCUT2D eigenvalue weighted by atomic mass is 9.87. The third kappa shape index (κ3) is 4.07. The summed E-state index contributed by atoms with van der Waals surface area (Å²) < 4.78 is 27.3. The zero-order valence-corrected chi connectivity index (χ0v) is 16.3. The molecule has 2 N–H and O–H groups in total. The molecular formula is C21H17F2N3O2S. The average Bonchev–Trinajstić information content (AvgIpc) is 2.65. The standard InChI is InChI=1S/C21H17F2N3O2S/c1-11-4-2-3-5-12(11)10-29-21-25-19-18(20(28)26-21)16(9-17(27)24-19)13-6-14(22)8-15(23)7-13/h2-8,16H,9-10H2,1H3,(H2,24,25,26,27,28). The highest BCUT2D eigenvalue weighted by Gasteiger charge is 2.31. The van der Waals surface area contributed by atoms with Gasteiger partial charge < -0.3 is 10.3 Å². The zero-order chi connectivity index (χ0) is 20.5. The molecular weight excluding hydrogens is 396 g/mol. The number of nitrogens with one attached hydrogen (secondary N) is 2. The van der Waals surface area contributed by atoms with Crippen molar-refractivity contribution in [1.29, 1.82) is 0 Å². The molecule has 0 saturated heterocycles. The highest BCUT2D eigenvalue weighted by atomic mass is 32.2. The molecule has 148 valence electrons. The van der Waals surface area contributed by atoms with Crippen LogP contribution in [0.3, 0.4) is 0 Å². The number of fused-ring (bicyclic) bond motifs is 1. The second-order valence-corrected chi connectivity index (χ2v) is 7.82. The molecule has 0 spiro atoms.